The second-order valence-electron chi connectivity index (χ2n) is 14.5. The summed E-state index contributed by atoms with van der Waals surface area (Å²) >= 11 is 0. The lowest BCUT2D eigenvalue weighted by atomic mass is 10.2. The number of carbonyl (C=O) groups is 2. The molecule has 0 atom stereocenters. The number of ether oxygens (including phenoxy) is 4. The van der Waals surface area contributed by atoms with Crippen molar-refractivity contribution < 1.29 is 28.5 Å². The highest BCUT2D eigenvalue weighted by Gasteiger charge is 2.11. The molecule has 1 N–H and O–H groups in total. The highest BCUT2D eigenvalue weighted by atomic mass is 16.5. The van der Waals surface area contributed by atoms with E-state index in [9.17, 15) is 9.59 Å². The van der Waals surface area contributed by atoms with E-state index in [2.05, 4.69) is 29.1 Å². The van der Waals surface area contributed by atoms with Crippen molar-refractivity contribution in [2.75, 3.05) is 18.5 Å². The topological polar surface area (TPSA) is 108 Å². The monoisotopic (exact) mass is 815 g/mol. The molecule has 0 saturated heterocycles. The van der Waals surface area contributed by atoms with Crippen molar-refractivity contribution in [2.24, 2.45) is 9.98 Å². The molecule has 0 bridgehead atoms. The van der Waals surface area contributed by atoms with Gasteiger partial charge in [-0.2, -0.15) is 0 Å². The van der Waals surface area contributed by atoms with Crippen LogP contribution in [0, 0.1) is 0 Å². The lowest BCUT2D eigenvalue weighted by molar-refractivity contribution is 0.0725. The Kier molecular flexibility index (Phi) is 16.8. The van der Waals surface area contributed by atoms with E-state index in [4.69, 9.17) is 18.9 Å². The van der Waals surface area contributed by atoms with Gasteiger partial charge in [0.15, 0.2) is 0 Å². The molecular formula is C52H53N3O6. The zero-order chi connectivity index (χ0) is 42.5. The molecule has 61 heavy (non-hydrogen) atoms. The summed E-state index contributed by atoms with van der Waals surface area (Å²) < 4.78 is 22.7. The third-order valence-corrected chi connectivity index (χ3v) is 9.64. The maximum atomic E-state index is 12.7. The number of esters is 2. The molecule has 6 rings (SSSR count). The fourth-order valence-electron chi connectivity index (χ4n) is 6.11. The third-order valence-electron chi connectivity index (χ3n) is 9.64. The van der Waals surface area contributed by atoms with Gasteiger partial charge < -0.3 is 24.3 Å². The van der Waals surface area contributed by atoms with E-state index in [1.807, 2.05) is 72.8 Å². The van der Waals surface area contributed by atoms with Gasteiger partial charge in [-0.3, -0.25) is 9.98 Å². The molecule has 9 nitrogen and oxygen atoms in total. The number of nitrogens with one attached hydrogen (secondary N) is 1. The maximum Gasteiger partial charge on any atom is 0.343 e. The van der Waals surface area contributed by atoms with Crippen LogP contribution in [0.4, 0.5) is 22.7 Å². The Morgan fingerprint density at radius 3 is 1.16 bits per heavy atom. The van der Waals surface area contributed by atoms with Crippen LogP contribution >= 0.6 is 0 Å². The summed E-state index contributed by atoms with van der Waals surface area (Å²) in [6.45, 7) is 5.71. The summed E-state index contributed by atoms with van der Waals surface area (Å²) in [6.07, 6.45) is 12.7. The van der Waals surface area contributed by atoms with Crippen molar-refractivity contribution in [2.45, 2.75) is 65.2 Å². The Bertz CT molecular complexity index is 2140. The minimum Gasteiger partial charge on any atom is -0.494 e. The highest BCUT2D eigenvalue weighted by molar-refractivity contribution is 5.92. The molecule has 9 heteroatoms. The number of carbonyl (C=O) groups excluding carboxylic acids is 2. The van der Waals surface area contributed by atoms with Gasteiger partial charge in [0.25, 0.3) is 0 Å². The van der Waals surface area contributed by atoms with Crippen molar-refractivity contribution in [1.29, 1.82) is 0 Å². The Hall–Kier alpha value is -7.00. The number of aliphatic imine (C=N–C) groups is 2. The molecule has 0 aliphatic heterocycles. The van der Waals surface area contributed by atoms with E-state index in [0.29, 0.717) is 35.8 Å². The van der Waals surface area contributed by atoms with Crippen LogP contribution in [0.2, 0.25) is 0 Å². The summed E-state index contributed by atoms with van der Waals surface area (Å²) in [4.78, 5) is 34.5. The van der Waals surface area contributed by atoms with Crippen LogP contribution in [0.3, 0.4) is 0 Å². The fraction of sp³-hybridized carbons (Fsp3) is 0.231. The molecule has 312 valence electrons. The molecule has 0 unspecified atom stereocenters. The third kappa shape index (κ3) is 14.7. The van der Waals surface area contributed by atoms with Gasteiger partial charge in [0.1, 0.15) is 23.0 Å². The zero-order valence-electron chi connectivity index (χ0n) is 34.9. The molecule has 0 aliphatic rings. The summed E-state index contributed by atoms with van der Waals surface area (Å²) in [6, 6.07) is 44.1. The number of hydrogen-bond donors (Lipinski definition) is 1. The number of rotatable bonds is 22. The molecule has 0 heterocycles. The summed E-state index contributed by atoms with van der Waals surface area (Å²) in [7, 11) is 0. The van der Waals surface area contributed by atoms with Crippen molar-refractivity contribution in [3.05, 3.63) is 168 Å². The van der Waals surface area contributed by atoms with E-state index in [-0.39, 0.29) is 0 Å². The fourth-order valence-corrected chi connectivity index (χ4v) is 6.11. The molecule has 6 aromatic rings. The van der Waals surface area contributed by atoms with Crippen molar-refractivity contribution in [3.8, 4) is 23.0 Å². The minimum absolute atomic E-state index is 0.424. The predicted octanol–water partition coefficient (Wildman–Crippen LogP) is 13.3. The van der Waals surface area contributed by atoms with Crippen LogP contribution in [0.25, 0.3) is 0 Å². The molecule has 0 amide bonds. The number of benzene rings is 6. The highest BCUT2D eigenvalue weighted by Crippen LogP contribution is 2.24. The van der Waals surface area contributed by atoms with E-state index >= 15 is 0 Å². The first kappa shape index (κ1) is 43.6. The van der Waals surface area contributed by atoms with Crippen molar-refractivity contribution in [3.63, 3.8) is 0 Å². The first-order valence-electron chi connectivity index (χ1n) is 21.1. The molecular weight excluding hydrogens is 763 g/mol. The second-order valence-corrected chi connectivity index (χ2v) is 14.5. The van der Waals surface area contributed by atoms with Gasteiger partial charge in [-0.1, -0.05) is 52.4 Å². The molecule has 0 spiro atoms. The number of unbranched alkanes of at least 4 members (excludes halogenated alkanes) is 6. The van der Waals surface area contributed by atoms with Crippen LogP contribution in [-0.2, 0) is 0 Å². The zero-order valence-corrected chi connectivity index (χ0v) is 34.9. The van der Waals surface area contributed by atoms with Crippen molar-refractivity contribution in [1.82, 2.24) is 0 Å². The minimum atomic E-state index is -0.424. The van der Waals surface area contributed by atoms with Gasteiger partial charge >= 0.3 is 11.9 Å². The average Bonchev–Trinajstić information content (AvgIpc) is 3.30. The largest absolute Gasteiger partial charge is 0.494 e. The number of anilines is 2. The Morgan fingerprint density at radius 2 is 0.803 bits per heavy atom. The summed E-state index contributed by atoms with van der Waals surface area (Å²) in [5, 5.41) is 3.41. The average molecular weight is 816 g/mol. The molecule has 6 aromatic carbocycles. The van der Waals surface area contributed by atoms with Gasteiger partial charge in [-0.15, -0.1) is 0 Å². The van der Waals surface area contributed by atoms with Gasteiger partial charge in [0.2, 0.25) is 0 Å². The second kappa shape index (κ2) is 23.6. The quantitative estimate of drug-likeness (QED) is 0.0315. The van der Waals surface area contributed by atoms with Crippen LogP contribution in [0.1, 0.15) is 97.1 Å². The van der Waals surface area contributed by atoms with Gasteiger partial charge in [0.05, 0.1) is 35.7 Å². The lowest BCUT2D eigenvalue weighted by Gasteiger charge is -2.08. The smallest absolute Gasteiger partial charge is 0.343 e. The Morgan fingerprint density at radius 1 is 0.443 bits per heavy atom. The molecule has 0 saturated carbocycles. The number of nitrogens with zero attached hydrogens (tertiary/aromatic N) is 2. The maximum absolute atomic E-state index is 12.7. The van der Waals surface area contributed by atoms with Gasteiger partial charge in [-0.05, 0) is 170 Å². The SMILES string of the molecule is CCCCCCOc1ccc(C(=O)Oc2ccc(C=Nc3ccc(Nc4ccc(N=Cc5ccc(OC(=O)c6ccc(OCCCCCC)cc6)cc5)cc4)cc3)cc2)cc1. The van der Waals surface area contributed by atoms with E-state index < -0.39 is 11.9 Å². The summed E-state index contributed by atoms with van der Waals surface area (Å²) in [5.74, 6) is 1.56. The standard InChI is InChI=1S/C52H53N3O6/c1-3-5-7-9-35-58-47-31-15-41(16-32-47)51(56)60-49-27-11-39(12-28-49)37-53-43-19-23-45(24-20-43)55-46-25-21-44(22-26-46)54-38-40-13-29-50(30-14-40)61-52(57)42-17-33-48(34-18-42)59-36-10-8-6-4-2/h11-34,37-38,55H,3-10,35-36H2,1-2H3. The Labute approximate surface area is 359 Å². The molecule has 0 aromatic heterocycles. The number of hydrogen-bond acceptors (Lipinski definition) is 9. The Balaban J connectivity index is 0.909. The molecule has 0 aliphatic carbocycles. The lowest BCUT2D eigenvalue weighted by Crippen LogP contribution is -2.08. The van der Waals surface area contributed by atoms with Crippen LogP contribution in [0.15, 0.2) is 156 Å². The molecule has 0 fully saturated rings. The van der Waals surface area contributed by atoms with E-state index in [1.165, 1.54) is 25.7 Å². The van der Waals surface area contributed by atoms with E-state index in [1.54, 1.807) is 85.2 Å². The van der Waals surface area contributed by atoms with Crippen molar-refractivity contribution >= 4 is 47.1 Å². The van der Waals surface area contributed by atoms with Crippen LogP contribution in [-0.4, -0.2) is 37.6 Å². The van der Waals surface area contributed by atoms with Crippen LogP contribution in [0.5, 0.6) is 23.0 Å². The first-order chi connectivity index (χ1) is 29.9. The summed E-state index contributed by atoms with van der Waals surface area (Å²) in [5.41, 5.74) is 6.12. The van der Waals surface area contributed by atoms with Crippen LogP contribution < -0.4 is 24.3 Å². The normalized spacial score (nSPS) is 11.1. The van der Waals surface area contributed by atoms with Gasteiger partial charge in [0, 0.05) is 23.8 Å². The first-order valence-corrected chi connectivity index (χ1v) is 21.1. The van der Waals surface area contributed by atoms with Gasteiger partial charge in [-0.25, -0.2) is 9.59 Å². The van der Waals surface area contributed by atoms with E-state index in [0.717, 1.165) is 71.1 Å². The molecule has 0 radical (unpaired) electrons. The predicted molar refractivity (Wildman–Crippen MR) is 246 cm³/mol.